The molecule has 1 N–H and O–H groups in total. The van der Waals surface area contributed by atoms with Crippen LogP contribution in [0.4, 0.5) is 0 Å². The van der Waals surface area contributed by atoms with Gasteiger partial charge in [0.15, 0.2) is 0 Å². The Bertz CT molecular complexity index is 369. The Morgan fingerprint density at radius 1 is 1.39 bits per heavy atom. The average Bonchev–Trinajstić information content (AvgIpc) is 2.91. The van der Waals surface area contributed by atoms with Crippen LogP contribution in [0.15, 0.2) is 12.2 Å². The number of rotatable bonds is 3. The van der Waals surface area contributed by atoms with Crippen LogP contribution in [-0.4, -0.2) is 35.0 Å². The summed E-state index contributed by atoms with van der Waals surface area (Å²) in [6, 6.07) is 0. The molecule has 4 nitrogen and oxygen atoms in total. The van der Waals surface area contributed by atoms with Crippen molar-refractivity contribution in [3.63, 3.8) is 0 Å². The second-order valence-corrected chi connectivity index (χ2v) is 5.44. The lowest BCUT2D eigenvalue weighted by atomic mass is 9.77. The average molecular weight is 251 g/mol. The second-order valence-electron chi connectivity index (χ2n) is 5.44. The third-order valence-electron chi connectivity index (χ3n) is 4.38. The summed E-state index contributed by atoms with van der Waals surface area (Å²) in [5, 5.41) is 9.40. The SMILES string of the molecule is CCC1(C(=O)O)CCCN(C(=O)C2CC=CC2)C1. The van der Waals surface area contributed by atoms with E-state index in [-0.39, 0.29) is 11.8 Å². The molecule has 0 bridgehead atoms. The molecule has 1 saturated heterocycles. The van der Waals surface area contributed by atoms with Gasteiger partial charge in [0.2, 0.25) is 5.91 Å². The normalized spacial score (nSPS) is 28.6. The zero-order valence-electron chi connectivity index (χ0n) is 10.9. The first-order valence-electron chi connectivity index (χ1n) is 6.76. The summed E-state index contributed by atoms with van der Waals surface area (Å²) in [7, 11) is 0. The molecule has 4 heteroatoms. The molecule has 0 aromatic heterocycles. The predicted molar refractivity (Wildman–Crippen MR) is 68.0 cm³/mol. The molecule has 0 spiro atoms. The molecule has 1 atom stereocenters. The smallest absolute Gasteiger partial charge is 0.311 e. The Labute approximate surface area is 108 Å². The highest BCUT2D eigenvalue weighted by Crippen LogP contribution is 2.35. The van der Waals surface area contributed by atoms with Crippen LogP contribution in [0.2, 0.25) is 0 Å². The van der Waals surface area contributed by atoms with Crippen molar-refractivity contribution in [1.82, 2.24) is 4.90 Å². The highest BCUT2D eigenvalue weighted by atomic mass is 16.4. The van der Waals surface area contributed by atoms with Crippen LogP contribution in [0.1, 0.15) is 39.0 Å². The molecule has 0 radical (unpaired) electrons. The van der Waals surface area contributed by atoms with Crippen molar-refractivity contribution in [2.75, 3.05) is 13.1 Å². The second kappa shape index (κ2) is 5.12. The van der Waals surface area contributed by atoms with Crippen LogP contribution in [0, 0.1) is 11.3 Å². The molecule has 2 aliphatic rings. The number of carbonyl (C=O) groups is 2. The van der Waals surface area contributed by atoms with Crippen LogP contribution in [-0.2, 0) is 9.59 Å². The minimum absolute atomic E-state index is 0.0476. The summed E-state index contributed by atoms with van der Waals surface area (Å²) < 4.78 is 0. The van der Waals surface area contributed by atoms with Gasteiger partial charge in [0.1, 0.15) is 0 Å². The lowest BCUT2D eigenvalue weighted by Crippen LogP contribution is -2.51. The Morgan fingerprint density at radius 2 is 2.06 bits per heavy atom. The molecule has 0 aromatic rings. The number of carboxylic acid groups (broad SMARTS) is 1. The number of aliphatic carboxylic acids is 1. The van der Waals surface area contributed by atoms with E-state index in [0.717, 1.165) is 19.3 Å². The molecule has 0 aromatic carbocycles. The van der Waals surface area contributed by atoms with E-state index < -0.39 is 11.4 Å². The summed E-state index contributed by atoms with van der Waals surface area (Å²) >= 11 is 0. The number of carbonyl (C=O) groups excluding carboxylic acids is 1. The lowest BCUT2D eigenvalue weighted by molar-refractivity contribution is -0.156. The van der Waals surface area contributed by atoms with Gasteiger partial charge in [0.25, 0.3) is 0 Å². The molecule has 1 fully saturated rings. The van der Waals surface area contributed by atoms with Gasteiger partial charge < -0.3 is 10.0 Å². The number of carboxylic acids is 1. The molecule has 1 heterocycles. The standard InChI is InChI=1S/C14H21NO3/c1-2-14(13(17)18)8-5-9-15(10-14)12(16)11-6-3-4-7-11/h3-4,11H,2,5-10H2,1H3,(H,17,18). The Balaban J connectivity index is 2.06. The Morgan fingerprint density at radius 3 is 2.61 bits per heavy atom. The van der Waals surface area contributed by atoms with Crippen LogP contribution in [0.5, 0.6) is 0 Å². The monoisotopic (exact) mass is 251 g/mol. The van der Waals surface area contributed by atoms with Crippen molar-refractivity contribution in [2.45, 2.75) is 39.0 Å². The highest BCUT2D eigenvalue weighted by Gasteiger charge is 2.42. The zero-order chi connectivity index (χ0) is 13.2. The zero-order valence-corrected chi connectivity index (χ0v) is 10.9. The fraction of sp³-hybridized carbons (Fsp3) is 0.714. The van der Waals surface area contributed by atoms with Crippen LogP contribution in [0.3, 0.4) is 0 Å². The van der Waals surface area contributed by atoms with Gasteiger partial charge >= 0.3 is 5.97 Å². The van der Waals surface area contributed by atoms with E-state index in [0.29, 0.717) is 25.9 Å². The van der Waals surface area contributed by atoms with Gasteiger partial charge in [-0.2, -0.15) is 0 Å². The maximum Gasteiger partial charge on any atom is 0.311 e. The van der Waals surface area contributed by atoms with E-state index in [9.17, 15) is 14.7 Å². The van der Waals surface area contributed by atoms with Gasteiger partial charge in [-0.3, -0.25) is 9.59 Å². The van der Waals surface area contributed by atoms with Gasteiger partial charge in [-0.25, -0.2) is 0 Å². The van der Waals surface area contributed by atoms with Crippen molar-refractivity contribution >= 4 is 11.9 Å². The third-order valence-corrected chi connectivity index (χ3v) is 4.38. The van der Waals surface area contributed by atoms with E-state index in [1.165, 1.54) is 0 Å². The molecular formula is C14H21NO3. The number of likely N-dealkylation sites (tertiary alicyclic amines) is 1. The minimum Gasteiger partial charge on any atom is -0.481 e. The third kappa shape index (κ3) is 2.28. The van der Waals surface area contributed by atoms with E-state index in [2.05, 4.69) is 0 Å². The maximum absolute atomic E-state index is 12.3. The first-order chi connectivity index (χ1) is 8.59. The number of amides is 1. The summed E-state index contributed by atoms with van der Waals surface area (Å²) in [6.45, 7) is 3.00. The molecule has 0 saturated carbocycles. The quantitative estimate of drug-likeness (QED) is 0.781. The molecule has 1 unspecified atom stereocenters. The molecular weight excluding hydrogens is 230 g/mol. The van der Waals surface area contributed by atoms with E-state index in [1.807, 2.05) is 19.1 Å². The van der Waals surface area contributed by atoms with Gasteiger partial charge in [-0.15, -0.1) is 0 Å². The van der Waals surface area contributed by atoms with Crippen LogP contribution >= 0.6 is 0 Å². The molecule has 1 amide bonds. The van der Waals surface area contributed by atoms with E-state index in [4.69, 9.17) is 0 Å². The first-order valence-corrected chi connectivity index (χ1v) is 6.76. The molecule has 1 aliphatic carbocycles. The maximum atomic E-state index is 12.3. The Hall–Kier alpha value is -1.32. The van der Waals surface area contributed by atoms with Gasteiger partial charge in [-0.05, 0) is 32.1 Å². The van der Waals surface area contributed by atoms with Crippen molar-refractivity contribution in [1.29, 1.82) is 0 Å². The predicted octanol–water partition coefficient (Wildman–Crippen LogP) is 2.06. The summed E-state index contributed by atoms with van der Waals surface area (Å²) in [6.07, 6.45) is 7.77. The molecule has 18 heavy (non-hydrogen) atoms. The molecule has 100 valence electrons. The number of nitrogens with zero attached hydrogens (tertiary/aromatic N) is 1. The van der Waals surface area contributed by atoms with Gasteiger partial charge in [0.05, 0.1) is 5.41 Å². The highest BCUT2D eigenvalue weighted by molar-refractivity contribution is 5.82. The first kappa shape index (κ1) is 13.1. The molecule has 1 aliphatic heterocycles. The fourth-order valence-electron chi connectivity index (χ4n) is 3.01. The number of allylic oxidation sites excluding steroid dienone is 2. The summed E-state index contributed by atoms with van der Waals surface area (Å²) in [5.41, 5.74) is -0.722. The van der Waals surface area contributed by atoms with Crippen molar-refractivity contribution in [3.05, 3.63) is 12.2 Å². The van der Waals surface area contributed by atoms with E-state index >= 15 is 0 Å². The number of piperidine rings is 1. The topological polar surface area (TPSA) is 57.6 Å². The van der Waals surface area contributed by atoms with E-state index in [1.54, 1.807) is 4.90 Å². The van der Waals surface area contributed by atoms with Crippen molar-refractivity contribution in [2.24, 2.45) is 11.3 Å². The lowest BCUT2D eigenvalue weighted by Gasteiger charge is -2.40. The number of hydrogen-bond acceptors (Lipinski definition) is 2. The van der Waals surface area contributed by atoms with Crippen molar-refractivity contribution < 1.29 is 14.7 Å². The van der Waals surface area contributed by atoms with Gasteiger partial charge in [-0.1, -0.05) is 19.1 Å². The van der Waals surface area contributed by atoms with Crippen LogP contribution < -0.4 is 0 Å². The summed E-state index contributed by atoms with van der Waals surface area (Å²) in [4.78, 5) is 25.5. The van der Waals surface area contributed by atoms with Gasteiger partial charge in [0, 0.05) is 19.0 Å². The fourth-order valence-corrected chi connectivity index (χ4v) is 3.01. The number of hydrogen-bond donors (Lipinski definition) is 1. The minimum atomic E-state index is -0.757. The Kier molecular flexibility index (Phi) is 3.73. The summed E-state index contributed by atoms with van der Waals surface area (Å²) in [5.74, 6) is -0.572. The molecule has 2 rings (SSSR count). The van der Waals surface area contributed by atoms with Crippen molar-refractivity contribution in [3.8, 4) is 0 Å². The largest absolute Gasteiger partial charge is 0.481 e. The van der Waals surface area contributed by atoms with Crippen LogP contribution in [0.25, 0.3) is 0 Å².